The summed E-state index contributed by atoms with van der Waals surface area (Å²) >= 11 is 0. The van der Waals surface area contributed by atoms with Gasteiger partial charge in [-0.1, -0.05) is 36.4 Å². The number of carbonyl (C=O) groups is 1. The van der Waals surface area contributed by atoms with Crippen molar-refractivity contribution in [2.24, 2.45) is 0 Å². The van der Waals surface area contributed by atoms with Gasteiger partial charge in [-0.2, -0.15) is 0 Å². The second-order valence-corrected chi connectivity index (χ2v) is 6.47. The van der Waals surface area contributed by atoms with Gasteiger partial charge in [-0.25, -0.2) is 0 Å². The highest BCUT2D eigenvalue weighted by molar-refractivity contribution is 5.92. The zero-order chi connectivity index (χ0) is 18.4. The van der Waals surface area contributed by atoms with Gasteiger partial charge >= 0.3 is 0 Å². The van der Waals surface area contributed by atoms with E-state index in [0.29, 0.717) is 19.0 Å². The molecule has 5 nitrogen and oxygen atoms in total. The number of benzene rings is 2. The molecule has 0 spiro atoms. The lowest BCUT2D eigenvalue weighted by Crippen LogP contribution is -2.34. The van der Waals surface area contributed by atoms with E-state index in [0.717, 1.165) is 23.4 Å². The molecule has 1 aliphatic rings. The van der Waals surface area contributed by atoms with Gasteiger partial charge in [-0.15, -0.1) is 0 Å². The summed E-state index contributed by atoms with van der Waals surface area (Å²) in [4.78, 5) is 14.5. The highest BCUT2D eigenvalue weighted by Gasteiger charge is 2.14. The van der Waals surface area contributed by atoms with Gasteiger partial charge in [0.25, 0.3) is 0 Å². The van der Waals surface area contributed by atoms with E-state index in [-0.39, 0.29) is 11.9 Å². The second-order valence-electron chi connectivity index (χ2n) is 6.47. The Morgan fingerprint density at radius 1 is 1.12 bits per heavy atom. The molecular weight excluding hydrogens is 328 g/mol. The summed E-state index contributed by atoms with van der Waals surface area (Å²) in [6.07, 6.45) is 3.34. The molecule has 0 saturated heterocycles. The van der Waals surface area contributed by atoms with E-state index in [1.54, 1.807) is 12.2 Å². The summed E-state index contributed by atoms with van der Waals surface area (Å²) in [5, 5.41) is 3.07. The van der Waals surface area contributed by atoms with Crippen LogP contribution in [0.4, 0.5) is 0 Å². The SMILES string of the molecule is CN(C)C[C@H](NC(=O)/C=C/c1ccc2c(c1)OCCO2)c1ccccc1. The Hall–Kier alpha value is -2.79. The molecule has 0 saturated carbocycles. The molecule has 0 fully saturated rings. The fourth-order valence-corrected chi connectivity index (χ4v) is 2.84. The molecule has 5 heteroatoms. The van der Waals surface area contributed by atoms with Gasteiger partial charge in [-0.05, 0) is 43.4 Å². The quantitative estimate of drug-likeness (QED) is 0.812. The van der Waals surface area contributed by atoms with Gasteiger partial charge in [0.05, 0.1) is 6.04 Å². The first-order valence-corrected chi connectivity index (χ1v) is 8.70. The van der Waals surface area contributed by atoms with Crippen LogP contribution in [0.1, 0.15) is 17.2 Å². The van der Waals surface area contributed by atoms with E-state index in [1.165, 1.54) is 0 Å². The third-order valence-electron chi connectivity index (χ3n) is 4.06. The van der Waals surface area contributed by atoms with Crippen LogP contribution in [-0.4, -0.2) is 44.7 Å². The first-order chi connectivity index (χ1) is 12.6. The van der Waals surface area contributed by atoms with E-state index < -0.39 is 0 Å². The fourth-order valence-electron chi connectivity index (χ4n) is 2.84. The summed E-state index contributed by atoms with van der Waals surface area (Å²) in [6.45, 7) is 1.84. The number of rotatable bonds is 6. The van der Waals surface area contributed by atoms with Crippen molar-refractivity contribution in [2.75, 3.05) is 33.9 Å². The highest BCUT2D eigenvalue weighted by atomic mass is 16.6. The zero-order valence-electron chi connectivity index (χ0n) is 15.1. The van der Waals surface area contributed by atoms with Gasteiger partial charge < -0.3 is 19.7 Å². The first-order valence-electron chi connectivity index (χ1n) is 8.70. The lowest BCUT2D eigenvalue weighted by molar-refractivity contribution is -0.117. The lowest BCUT2D eigenvalue weighted by atomic mass is 10.1. The number of nitrogens with one attached hydrogen (secondary N) is 1. The average Bonchev–Trinajstić information content (AvgIpc) is 2.66. The van der Waals surface area contributed by atoms with Crippen molar-refractivity contribution in [3.05, 3.63) is 65.7 Å². The largest absolute Gasteiger partial charge is 0.486 e. The summed E-state index contributed by atoms with van der Waals surface area (Å²) < 4.78 is 11.1. The van der Waals surface area contributed by atoms with E-state index in [2.05, 4.69) is 10.2 Å². The molecule has 2 aromatic carbocycles. The Labute approximate surface area is 154 Å². The third-order valence-corrected chi connectivity index (χ3v) is 4.06. The molecule has 0 bridgehead atoms. The maximum Gasteiger partial charge on any atom is 0.244 e. The highest BCUT2D eigenvalue weighted by Crippen LogP contribution is 2.31. The van der Waals surface area contributed by atoms with Crippen molar-refractivity contribution in [3.8, 4) is 11.5 Å². The van der Waals surface area contributed by atoms with Gasteiger partial charge in [0.2, 0.25) is 5.91 Å². The molecule has 0 aromatic heterocycles. The molecule has 136 valence electrons. The molecule has 2 aromatic rings. The van der Waals surface area contributed by atoms with Crippen molar-refractivity contribution < 1.29 is 14.3 Å². The van der Waals surface area contributed by atoms with Gasteiger partial charge in [0.15, 0.2) is 11.5 Å². The van der Waals surface area contributed by atoms with Crippen LogP contribution in [0.15, 0.2) is 54.6 Å². The molecule has 1 amide bonds. The van der Waals surface area contributed by atoms with Crippen molar-refractivity contribution in [1.82, 2.24) is 10.2 Å². The first kappa shape index (κ1) is 18.0. The predicted molar refractivity (Wildman–Crippen MR) is 102 cm³/mol. The fraction of sp³-hybridized carbons (Fsp3) is 0.286. The second kappa shape index (κ2) is 8.54. The van der Waals surface area contributed by atoms with E-state index in [1.807, 2.05) is 62.6 Å². The monoisotopic (exact) mass is 352 g/mol. The lowest BCUT2D eigenvalue weighted by Gasteiger charge is -2.22. The molecule has 0 unspecified atom stereocenters. The normalized spacial score (nSPS) is 14.4. The number of carbonyl (C=O) groups excluding carboxylic acids is 1. The maximum atomic E-state index is 12.4. The number of amides is 1. The van der Waals surface area contributed by atoms with E-state index in [4.69, 9.17) is 9.47 Å². The van der Waals surface area contributed by atoms with Crippen LogP contribution in [0.25, 0.3) is 6.08 Å². The summed E-state index contributed by atoms with van der Waals surface area (Å²) in [5.41, 5.74) is 1.98. The van der Waals surface area contributed by atoms with Crippen LogP contribution in [0.5, 0.6) is 11.5 Å². The van der Waals surface area contributed by atoms with Gasteiger partial charge in [0, 0.05) is 12.6 Å². The smallest absolute Gasteiger partial charge is 0.244 e. The Kier molecular flexibility index (Phi) is 5.92. The molecule has 1 atom stereocenters. The number of ether oxygens (including phenoxy) is 2. The Morgan fingerprint density at radius 2 is 1.85 bits per heavy atom. The number of nitrogens with zero attached hydrogens (tertiary/aromatic N) is 1. The summed E-state index contributed by atoms with van der Waals surface area (Å²) in [7, 11) is 3.99. The zero-order valence-corrected chi connectivity index (χ0v) is 15.1. The molecule has 26 heavy (non-hydrogen) atoms. The molecular formula is C21H24N2O3. The van der Waals surface area contributed by atoms with Crippen LogP contribution in [-0.2, 0) is 4.79 Å². The number of fused-ring (bicyclic) bond motifs is 1. The molecule has 1 heterocycles. The Bertz CT molecular complexity index is 772. The minimum atomic E-state index is -0.129. The van der Waals surface area contributed by atoms with Crippen LogP contribution < -0.4 is 14.8 Å². The Balaban J connectivity index is 1.67. The summed E-state index contributed by atoms with van der Waals surface area (Å²) in [5.74, 6) is 1.33. The Morgan fingerprint density at radius 3 is 2.58 bits per heavy atom. The molecule has 0 aliphatic carbocycles. The topological polar surface area (TPSA) is 50.8 Å². The minimum Gasteiger partial charge on any atom is -0.486 e. The van der Waals surface area contributed by atoms with E-state index >= 15 is 0 Å². The van der Waals surface area contributed by atoms with E-state index in [9.17, 15) is 4.79 Å². The number of likely N-dealkylation sites (N-methyl/N-ethyl adjacent to an activating group) is 1. The molecule has 1 aliphatic heterocycles. The third kappa shape index (κ3) is 4.86. The van der Waals surface area contributed by atoms with Crippen molar-refractivity contribution in [2.45, 2.75) is 6.04 Å². The number of hydrogen-bond acceptors (Lipinski definition) is 4. The average molecular weight is 352 g/mol. The van der Waals surface area contributed by atoms with Crippen molar-refractivity contribution in [1.29, 1.82) is 0 Å². The van der Waals surface area contributed by atoms with Crippen LogP contribution in [0.3, 0.4) is 0 Å². The van der Waals surface area contributed by atoms with Crippen molar-refractivity contribution >= 4 is 12.0 Å². The minimum absolute atomic E-state index is 0.0661. The molecule has 0 radical (unpaired) electrons. The molecule has 1 N–H and O–H groups in total. The van der Waals surface area contributed by atoms with Gasteiger partial charge in [0.1, 0.15) is 13.2 Å². The van der Waals surface area contributed by atoms with Crippen molar-refractivity contribution in [3.63, 3.8) is 0 Å². The standard InChI is InChI=1S/C21H24N2O3/c1-23(2)15-18(17-6-4-3-5-7-17)22-21(24)11-9-16-8-10-19-20(14-16)26-13-12-25-19/h3-11,14,18H,12-13,15H2,1-2H3,(H,22,24)/b11-9+/t18-/m0/s1. The number of hydrogen-bond donors (Lipinski definition) is 1. The van der Waals surface area contributed by atoms with Crippen LogP contribution in [0.2, 0.25) is 0 Å². The molecule has 3 rings (SSSR count). The maximum absolute atomic E-state index is 12.4. The van der Waals surface area contributed by atoms with Crippen LogP contribution >= 0.6 is 0 Å². The van der Waals surface area contributed by atoms with Gasteiger partial charge in [-0.3, -0.25) is 4.79 Å². The summed E-state index contributed by atoms with van der Waals surface area (Å²) in [6, 6.07) is 15.6. The van der Waals surface area contributed by atoms with Crippen LogP contribution in [0, 0.1) is 0 Å². The predicted octanol–water partition coefficient (Wildman–Crippen LogP) is 2.89.